The summed E-state index contributed by atoms with van der Waals surface area (Å²) in [6, 6.07) is 11.1. The zero-order chi connectivity index (χ0) is 15.9. The number of carbonyl (C=O) groups excluding carboxylic acids is 1. The summed E-state index contributed by atoms with van der Waals surface area (Å²) >= 11 is 0. The number of nitrogens with one attached hydrogen (secondary N) is 1. The molecule has 1 heterocycles. The highest BCUT2D eigenvalue weighted by Gasteiger charge is 2.13. The van der Waals surface area contributed by atoms with E-state index in [0.717, 1.165) is 12.0 Å². The maximum Gasteiger partial charge on any atom is 0.267 e. The van der Waals surface area contributed by atoms with Crippen molar-refractivity contribution < 1.29 is 9.90 Å². The van der Waals surface area contributed by atoms with Gasteiger partial charge in [-0.3, -0.25) is 4.79 Å². The third-order valence-corrected chi connectivity index (χ3v) is 3.35. The van der Waals surface area contributed by atoms with Gasteiger partial charge in [0.1, 0.15) is 5.69 Å². The number of hydrogen-bond donors (Lipinski definition) is 3. The molecule has 2 aromatic rings. The van der Waals surface area contributed by atoms with Crippen LogP contribution in [0, 0.1) is 0 Å². The third-order valence-electron chi connectivity index (χ3n) is 3.35. The van der Waals surface area contributed by atoms with Crippen molar-refractivity contribution in [1.29, 1.82) is 0 Å². The van der Waals surface area contributed by atoms with Crippen LogP contribution in [0.1, 0.15) is 30.3 Å². The van der Waals surface area contributed by atoms with Crippen LogP contribution >= 0.6 is 0 Å². The summed E-state index contributed by atoms with van der Waals surface area (Å²) in [4.78, 5) is 20.1. The van der Waals surface area contributed by atoms with Crippen molar-refractivity contribution in [1.82, 2.24) is 9.97 Å². The molecule has 0 aliphatic carbocycles. The van der Waals surface area contributed by atoms with Crippen molar-refractivity contribution in [2.45, 2.75) is 25.8 Å². The normalized spacial score (nSPS) is 11.9. The second-order valence-corrected chi connectivity index (χ2v) is 4.95. The first-order valence-corrected chi connectivity index (χ1v) is 7.25. The van der Waals surface area contributed by atoms with E-state index in [1.165, 1.54) is 0 Å². The molecule has 0 aliphatic rings. The van der Waals surface area contributed by atoms with E-state index in [-0.39, 0.29) is 18.3 Å². The van der Waals surface area contributed by atoms with Crippen molar-refractivity contribution in [2.75, 3.05) is 11.9 Å². The number of anilines is 1. The lowest BCUT2D eigenvalue weighted by molar-refractivity contribution is 0.0995. The molecular weight excluding hydrogens is 280 g/mol. The van der Waals surface area contributed by atoms with Crippen LogP contribution in [-0.2, 0) is 0 Å². The van der Waals surface area contributed by atoms with E-state index in [9.17, 15) is 4.79 Å². The van der Waals surface area contributed by atoms with Crippen LogP contribution < -0.4 is 11.1 Å². The standard InChI is InChI=1S/C16H20N4O2/c1-2-12(8-9-21)18-16-19-13(10-14(20-16)15(17)22)11-6-4-3-5-7-11/h3-7,10,12,21H,2,8-9H2,1H3,(H2,17,22)(H,18,19,20). The van der Waals surface area contributed by atoms with E-state index in [4.69, 9.17) is 10.8 Å². The van der Waals surface area contributed by atoms with Gasteiger partial charge in [0.2, 0.25) is 5.95 Å². The Hall–Kier alpha value is -2.47. The van der Waals surface area contributed by atoms with Crippen LogP contribution in [0.3, 0.4) is 0 Å². The summed E-state index contributed by atoms with van der Waals surface area (Å²) in [5.74, 6) is -0.256. The molecule has 0 saturated heterocycles. The summed E-state index contributed by atoms with van der Waals surface area (Å²) in [5.41, 5.74) is 7.03. The van der Waals surface area contributed by atoms with Gasteiger partial charge in [0.15, 0.2) is 0 Å². The zero-order valence-corrected chi connectivity index (χ0v) is 12.5. The summed E-state index contributed by atoms with van der Waals surface area (Å²) in [6.07, 6.45) is 1.40. The summed E-state index contributed by atoms with van der Waals surface area (Å²) in [7, 11) is 0. The van der Waals surface area contributed by atoms with E-state index >= 15 is 0 Å². The monoisotopic (exact) mass is 300 g/mol. The lowest BCUT2D eigenvalue weighted by Gasteiger charge is -2.16. The predicted octanol–water partition coefficient (Wildman–Crippen LogP) is 1.82. The average molecular weight is 300 g/mol. The third kappa shape index (κ3) is 4.02. The molecule has 0 radical (unpaired) electrons. The van der Waals surface area contributed by atoms with Crippen molar-refractivity contribution in [3.63, 3.8) is 0 Å². The zero-order valence-electron chi connectivity index (χ0n) is 12.5. The van der Waals surface area contributed by atoms with Gasteiger partial charge >= 0.3 is 0 Å². The number of hydrogen-bond acceptors (Lipinski definition) is 5. The molecular formula is C16H20N4O2. The van der Waals surface area contributed by atoms with Gasteiger partial charge in [0, 0.05) is 18.2 Å². The molecule has 1 atom stereocenters. The van der Waals surface area contributed by atoms with E-state index in [0.29, 0.717) is 18.1 Å². The number of carbonyl (C=O) groups is 1. The molecule has 2 rings (SSSR count). The van der Waals surface area contributed by atoms with Crippen molar-refractivity contribution in [2.24, 2.45) is 5.73 Å². The molecule has 0 fully saturated rings. The average Bonchev–Trinajstić information content (AvgIpc) is 2.55. The fourth-order valence-corrected chi connectivity index (χ4v) is 2.11. The highest BCUT2D eigenvalue weighted by molar-refractivity contribution is 5.92. The maximum absolute atomic E-state index is 11.5. The number of primary amides is 1. The van der Waals surface area contributed by atoms with Crippen LogP contribution in [0.15, 0.2) is 36.4 Å². The van der Waals surface area contributed by atoms with Gasteiger partial charge in [-0.05, 0) is 18.9 Å². The number of nitrogens with two attached hydrogens (primary N) is 1. The molecule has 1 aromatic carbocycles. The largest absolute Gasteiger partial charge is 0.396 e. The van der Waals surface area contributed by atoms with Crippen LogP contribution in [-0.4, -0.2) is 33.6 Å². The Labute approximate surface area is 129 Å². The van der Waals surface area contributed by atoms with E-state index in [1.807, 2.05) is 37.3 Å². The molecule has 116 valence electrons. The Morgan fingerprint density at radius 1 is 1.32 bits per heavy atom. The minimum absolute atomic E-state index is 0.0387. The molecule has 0 spiro atoms. The fourth-order valence-electron chi connectivity index (χ4n) is 2.11. The Kier molecular flexibility index (Phi) is 5.43. The molecule has 1 amide bonds. The molecule has 4 N–H and O–H groups in total. The van der Waals surface area contributed by atoms with Crippen LogP contribution in [0.5, 0.6) is 0 Å². The number of aliphatic hydroxyl groups is 1. The highest BCUT2D eigenvalue weighted by atomic mass is 16.3. The first kappa shape index (κ1) is 15.9. The second kappa shape index (κ2) is 7.51. The van der Waals surface area contributed by atoms with Gasteiger partial charge in [0.25, 0.3) is 5.91 Å². The lowest BCUT2D eigenvalue weighted by atomic mass is 10.1. The highest BCUT2D eigenvalue weighted by Crippen LogP contribution is 2.19. The summed E-state index contributed by atoms with van der Waals surface area (Å²) in [6.45, 7) is 2.08. The number of aromatic nitrogens is 2. The first-order chi connectivity index (χ1) is 10.6. The Morgan fingerprint density at radius 2 is 2.05 bits per heavy atom. The molecule has 0 aliphatic heterocycles. The topological polar surface area (TPSA) is 101 Å². The smallest absolute Gasteiger partial charge is 0.267 e. The van der Waals surface area contributed by atoms with Crippen molar-refractivity contribution >= 4 is 11.9 Å². The molecule has 0 bridgehead atoms. The number of benzene rings is 1. The maximum atomic E-state index is 11.5. The van der Waals surface area contributed by atoms with Gasteiger partial charge < -0.3 is 16.2 Å². The molecule has 6 nitrogen and oxygen atoms in total. The van der Waals surface area contributed by atoms with E-state index < -0.39 is 5.91 Å². The molecule has 6 heteroatoms. The quantitative estimate of drug-likeness (QED) is 0.724. The van der Waals surface area contributed by atoms with Crippen molar-refractivity contribution in [3.05, 3.63) is 42.1 Å². The Morgan fingerprint density at radius 3 is 2.64 bits per heavy atom. The minimum atomic E-state index is -0.599. The van der Waals surface area contributed by atoms with Gasteiger partial charge in [0.05, 0.1) is 5.69 Å². The minimum Gasteiger partial charge on any atom is -0.396 e. The van der Waals surface area contributed by atoms with Crippen LogP contribution in [0.4, 0.5) is 5.95 Å². The second-order valence-electron chi connectivity index (χ2n) is 4.95. The van der Waals surface area contributed by atoms with E-state index in [1.54, 1.807) is 6.07 Å². The molecule has 1 aromatic heterocycles. The molecule has 1 unspecified atom stereocenters. The van der Waals surface area contributed by atoms with Crippen LogP contribution in [0.2, 0.25) is 0 Å². The lowest BCUT2D eigenvalue weighted by Crippen LogP contribution is -2.23. The van der Waals surface area contributed by atoms with Gasteiger partial charge in [-0.25, -0.2) is 9.97 Å². The number of rotatable bonds is 7. The first-order valence-electron chi connectivity index (χ1n) is 7.25. The van der Waals surface area contributed by atoms with Gasteiger partial charge in [-0.15, -0.1) is 0 Å². The number of aliphatic hydroxyl groups excluding tert-OH is 1. The van der Waals surface area contributed by atoms with Crippen molar-refractivity contribution in [3.8, 4) is 11.3 Å². The predicted molar refractivity (Wildman–Crippen MR) is 85.4 cm³/mol. The number of amides is 1. The summed E-state index contributed by atoms with van der Waals surface area (Å²) < 4.78 is 0. The number of nitrogens with zero attached hydrogens (tertiary/aromatic N) is 2. The summed E-state index contributed by atoms with van der Waals surface area (Å²) in [5, 5.41) is 12.2. The molecule has 22 heavy (non-hydrogen) atoms. The van der Waals surface area contributed by atoms with E-state index in [2.05, 4.69) is 15.3 Å². The fraction of sp³-hybridized carbons (Fsp3) is 0.312. The Bertz CT molecular complexity index is 631. The van der Waals surface area contributed by atoms with Gasteiger partial charge in [-0.2, -0.15) is 0 Å². The van der Waals surface area contributed by atoms with Gasteiger partial charge in [-0.1, -0.05) is 37.3 Å². The SMILES string of the molecule is CCC(CCO)Nc1nc(C(N)=O)cc(-c2ccccc2)n1. The van der Waals surface area contributed by atoms with Crippen LogP contribution in [0.25, 0.3) is 11.3 Å². The molecule has 0 saturated carbocycles. The Balaban J connectivity index is 2.37.